The first-order valence-corrected chi connectivity index (χ1v) is 47.5. The second kappa shape index (κ2) is 41.6. The summed E-state index contributed by atoms with van der Waals surface area (Å²) in [6.07, 6.45) is 35.5. The molecule has 0 aliphatic heterocycles. The normalized spacial score (nSPS) is 17.4. The third kappa shape index (κ3) is 22.4. The van der Waals surface area contributed by atoms with Crippen molar-refractivity contribution in [1.82, 2.24) is 81.1 Å². The Morgan fingerprint density at radius 1 is 0.277 bits per heavy atom. The van der Waals surface area contributed by atoms with E-state index in [0.29, 0.717) is 85.0 Å². The van der Waals surface area contributed by atoms with E-state index < -0.39 is 0 Å². The maximum atomic E-state index is 13.3. The van der Waals surface area contributed by atoms with Gasteiger partial charge in [0.05, 0.1) is 49.7 Å². The minimum atomic E-state index is -0.258. The Balaban J connectivity index is 0.000000117. The number of anilines is 4. The molecule has 7 fully saturated rings. The Bertz CT molecular complexity index is 6770. The number of pyridine rings is 4. The van der Waals surface area contributed by atoms with E-state index in [9.17, 15) is 38.4 Å². The molecule has 0 saturated heterocycles. The number of imidazole rings is 4. The smallest absolute Gasteiger partial charge is 0.274 e. The molecule has 8 amide bonds. The highest BCUT2D eigenvalue weighted by Crippen LogP contribution is 2.56. The van der Waals surface area contributed by atoms with E-state index in [1.165, 1.54) is 89.7 Å². The molecule has 7 aliphatic carbocycles. The summed E-state index contributed by atoms with van der Waals surface area (Å²) in [7, 11) is 0. The number of amides is 8. The number of fused-ring (bicyclic) bond motifs is 4. The van der Waals surface area contributed by atoms with Crippen LogP contribution in [-0.2, 0) is 0 Å². The fourth-order valence-corrected chi connectivity index (χ4v) is 20.1. The van der Waals surface area contributed by atoms with Crippen molar-refractivity contribution in [2.24, 2.45) is 17.8 Å². The van der Waals surface area contributed by atoms with E-state index in [0.717, 1.165) is 148 Å². The van der Waals surface area contributed by atoms with Crippen molar-refractivity contribution >= 4 is 114 Å². The van der Waals surface area contributed by atoms with Gasteiger partial charge in [-0.25, -0.2) is 19.9 Å². The van der Waals surface area contributed by atoms with E-state index in [1.54, 1.807) is 91.6 Å². The molecule has 7 aliphatic rings. The number of H-pyrrole nitrogens is 4. The third-order valence-electron chi connectivity index (χ3n) is 26.8. The van der Waals surface area contributed by atoms with Gasteiger partial charge in [0.1, 0.15) is 34.7 Å². The van der Waals surface area contributed by atoms with Crippen molar-refractivity contribution in [2.45, 2.75) is 165 Å². The van der Waals surface area contributed by atoms with Crippen LogP contribution in [0.3, 0.4) is 0 Å². The average Bonchev–Trinajstić information content (AvgIpc) is 1.46. The Morgan fingerprint density at radius 2 is 0.599 bits per heavy atom. The van der Waals surface area contributed by atoms with Crippen LogP contribution in [0.25, 0.3) is 89.7 Å². The second-order valence-corrected chi connectivity index (χ2v) is 36.7. The van der Waals surface area contributed by atoms with Gasteiger partial charge in [0, 0.05) is 134 Å². The molecule has 8 heterocycles. The fourth-order valence-electron chi connectivity index (χ4n) is 20.1. The number of hydrogen-bond donors (Lipinski definition) is 12. The second-order valence-electron chi connectivity index (χ2n) is 36.7. The van der Waals surface area contributed by atoms with Crippen molar-refractivity contribution in [1.29, 1.82) is 0 Å². The van der Waals surface area contributed by atoms with Crippen LogP contribution in [0.4, 0.5) is 22.7 Å². The number of rotatable bonds is 20. The number of hydrogen-bond acceptors (Lipinski definition) is 16. The molecule has 16 aromatic rings. The van der Waals surface area contributed by atoms with E-state index in [2.05, 4.69) is 97.4 Å². The molecule has 28 heteroatoms. The molecule has 0 unspecified atom stereocenters. The van der Waals surface area contributed by atoms with E-state index >= 15 is 0 Å². The maximum Gasteiger partial charge on any atom is 0.274 e. The first kappa shape index (κ1) is 90.2. The van der Waals surface area contributed by atoms with Crippen LogP contribution in [0.1, 0.15) is 224 Å². The van der Waals surface area contributed by atoms with Crippen molar-refractivity contribution in [3.05, 3.63) is 312 Å². The summed E-state index contributed by atoms with van der Waals surface area (Å²) in [6, 6.07) is 70.3. The zero-order valence-corrected chi connectivity index (χ0v) is 75.8. The molecule has 8 aromatic heterocycles. The predicted octanol–water partition coefficient (Wildman–Crippen LogP) is 20.8. The number of carbonyl (C=O) groups excluding carboxylic acids is 8. The molecule has 4 bridgehead atoms. The highest BCUT2D eigenvalue weighted by Gasteiger charge is 2.52. The van der Waals surface area contributed by atoms with Gasteiger partial charge in [0.15, 0.2) is 0 Å². The fraction of sp³-hybridized carbons (Fsp3) is 0.266. The highest BCUT2D eigenvalue weighted by atomic mass is 16.2. The molecule has 7 saturated carbocycles. The van der Waals surface area contributed by atoms with Gasteiger partial charge < -0.3 is 62.5 Å². The molecule has 23 rings (SSSR count). The lowest BCUT2D eigenvalue weighted by Gasteiger charge is -2.56. The molecule has 0 radical (unpaired) electrons. The minimum absolute atomic E-state index is 0.00628. The van der Waals surface area contributed by atoms with Crippen molar-refractivity contribution in [3.8, 4) is 45.6 Å². The third-order valence-corrected chi connectivity index (χ3v) is 26.8. The minimum Gasteiger partial charge on any atom is -0.349 e. The summed E-state index contributed by atoms with van der Waals surface area (Å²) in [6.45, 7) is 0. The van der Waals surface area contributed by atoms with Crippen LogP contribution in [0, 0.1) is 17.8 Å². The lowest BCUT2D eigenvalue weighted by Crippen LogP contribution is -2.59. The van der Waals surface area contributed by atoms with Gasteiger partial charge in [-0.1, -0.05) is 76.3 Å². The van der Waals surface area contributed by atoms with Crippen LogP contribution in [0.15, 0.2) is 268 Å². The van der Waals surface area contributed by atoms with Gasteiger partial charge in [0.25, 0.3) is 47.3 Å². The van der Waals surface area contributed by atoms with Crippen LogP contribution < -0.4 is 42.5 Å². The summed E-state index contributed by atoms with van der Waals surface area (Å²) in [4.78, 5) is 149. The number of nitrogens with one attached hydrogen (secondary N) is 12. The zero-order chi connectivity index (χ0) is 93.6. The molecule has 0 atom stereocenters. The van der Waals surface area contributed by atoms with E-state index in [4.69, 9.17) is 4.98 Å². The van der Waals surface area contributed by atoms with Gasteiger partial charge in [-0.15, -0.1) is 0 Å². The summed E-state index contributed by atoms with van der Waals surface area (Å²) in [5.74, 6) is 4.23. The monoisotopic (exact) mass is 1820 g/mol. The van der Waals surface area contributed by atoms with Crippen molar-refractivity contribution < 1.29 is 38.4 Å². The van der Waals surface area contributed by atoms with Crippen LogP contribution in [0.2, 0.25) is 0 Å². The number of nitrogens with zero attached hydrogens (tertiary/aromatic N) is 8. The quantitative estimate of drug-likeness (QED) is 0.0315. The molecular formula is C109H106N20O8. The molecule has 8 aromatic carbocycles. The standard InChI is InChI=1S/C30H29N5O2.C27H27N5O2.2C26H25N5O2/c36-28(35-30-15-18-11-19(16-30)13-20(12-18)17-30)22-6-9-24-26(14-22)34-27(33-24)21-4-7-23(8-5-21)32-29(37)25-3-1-2-10-31-25;33-26(29-21-7-3-1-2-4-8-21)19-11-14-23-24(16-19)32-25(31-23)18-9-12-22(13-10-18)30-27(34)20-6-5-15-28-17-20;32-25(28-19-6-2-1-3-7-19)18-11-14-21-23(16-18)31-24(30-21)17-9-12-20(13-10-17)29-26(33)22-8-4-5-15-27-22;32-25(18-12-14-27-15-13-18)29-21-9-6-17(7-10-21)24-30-22-11-8-19(16-23(22)31-24)26(33)28-20-4-2-1-3-5-20/h1-10,14,18-20H,11-13,15-17H2,(H,32,37)(H,33,34)(H,35,36);5-6,9-17,21H,1-4,7-8H2,(H,29,33)(H,30,34)(H,31,32);4-5,8-16,19H,1-3,6-7H2,(H,28,32)(H,29,33)(H,30,31);6-16,20H,1-5H2,(H,28,33)(H,29,32)(H,30,31). The average molecular weight is 1820 g/mol. The van der Waals surface area contributed by atoms with Gasteiger partial charge in [-0.2, -0.15) is 0 Å². The largest absolute Gasteiger partial charge is 0.349 e. The first-order chi connectivity index (χ1) is 67.0. The summed E-state index contributed by atoms with van der Waals surface area (Å²) < 4.78 is 0. The van der Waals surface area contributed by atoms with Gasteiger partial charge >= 0.3 is 0 Å². The Hall–Kier alpha value is -16.0. The molecular weight excluding hydrogens is 1720 g/mol. The molecule has 12 N–H and O–H groups in total. The predicted molar refractivity (Wildman–Crippen MR) is 531 cm³/mol. The maximum absolute atomic E-state index is 13.3. The van der Waals surface area contributed by atoms with Crippen LogP contribution in [0.5, 0.6) is 0 Å². The van der Waals surface area contributed by atoms with Crippen LogP contribution in [-0.4, -0.2) is 131 Å². The first-order valence-electron chi connectivity index (χ1n) is 47.5. The molecule has 690 valence electrons. The number of benzene rings is 8. The summed E-state index contributed by atoms with van der Waals surface area (Å²) in [5, 5.41) is 24.4. The Kier molecular flexibility index (Phi) is 27.4. The Labute approximate surface area is 791 Å². The number of aromatic amines is 4. The van der Waals surface area contributed by atoms with E-state index in [1.807, 2.05) is 170 Å². The Morgan fingerprint density at radius 3 is 0.920 bits per heavy atom. The van der Waals surface area contributed by atoms with Gasteiger partial charge in [0.2, 0.25) is 0 Å². The van der Waals surface area contributed by atoms with Crippen molar-refractivity contribution in [2.75, 3.05) is 21.3 Å². The van der Waals surface area contributed by atoms with Gasteiger partial charge in [-0.3, -0.25) is 58.3 Å². The topological polar surface area (TPSA) is 399 Å². The van der Waals surface area contributed by atoms with Crippen LogP contribution >= 0.6 is 0 Å². The molecule has 28 nitrogen and oxygen atoms in total. The number of aromatic nitrogens is 12. The summed E-state index contributed by atoms with van der Waals surface area (Å²) in [5.41, 5.74) is 17.1. The molecule has 137 heavy (non-hydrogen) atoms. The lowest BCUT2D eigenvalue weighted by atomic mass is 9.53. The SMILES string of the molecule is O=C(NC12CC3CC(CC(C3)C1)C2)c1ccc2nc(-c3ccc(NC(=O)c4ccccn4)cc3)[nH]c2c1.O=C(NC1CCCCC1)c1ccc2nc(-c3ccc(NC(=O)c4ccccn4)cc3)[nH]c2c1.O=C(Nc1ccc(-c2nc3ccc(C(=O)NC4CCCCC4)cc3[nH]2)cc1)c1ccncc1.O=C(Nc1ccc(-c2nc3ccc(C(=O)NC4CCCCCC4)cc3[nH]2)cc1)c1cccnc1. The summed E-state index contributed by atoms with van der Waals surface area (Å²) >= 11 is 0. The van der Waals surface area contributed by atoms with E-state index in [-0.39, 0.29) is 70.9 Å². The van der Waals surface area contributed by atoms with Gasteiger partial charge in [-0.05, 0) is 313 Å². The van der Waals surface area contributed by atoms with Crippen molar-refractivity contribution in [3.63, 3.8) is 0 Å². The zero-order valence-electron chi connectivity index (χ0n) is 75.8. The lowest BCUT2D eigenvalue weighted by molar-refractivity contribution is -0.0167. The molecule has 0 spiro atoms. The highest BCUT2D eigenvalue weighted by molar-refractivity contribution is 6.07. The number of carbonyl (C=O) groups is 8.